The van der Waals surface area contributed by atoms with Gasteiger partial charge in [-0.1, -0.05) is 0 Å². The Balaban J connectivity index is 2.27. The molecule has 2 atom stereocenters. The summed E-state index contributed by atoms with van der Waals surface area (Å²) in [4.78, 5) is 0. The summed E-state index contributed by atoms with van der Waals surface area (Å²) in [5, 5.41) is 21.7. The molecule has 0 saturated carbocycles. The van der Waals surface area contributed by atoms with Gasteiger partial charge in [0.05, 0.1) is 0 Å². The van der Waals surface area contributed by atoms with Crippen LogP contribution in [0.1, 0.15) is 37.4 Å². The van der Waals surface area contributed by atoms with Gasteiger partial charge in [0.1, 0.15) is 17.6 Å². The molecule has 3 N–H and O–H groups in total. The molecule has 1 aromatic heterocycles. The molecule has 2 unspecified atom stereocenters. The molecule has 0 radical (unpaired) electrons. The van der Waals surface area contributed by atoms with Crippen molar-refractivity contribution in [3.63, 3.8) is 0 Å². The van der Waals surface area contributed by atoms with Crippen LogP contribution in [0.25, 0.3) is 0 Å². The Hall–Kier alpha value is -0.840. The number of aryl methyl sites for hydroxylation is 1. The monoisotopic (exact) mass is 227 g/mol. The van der Waals surface area contributed by atoms with Crippen molar-refractivity contribution in [3.8, 4) is 0 Å². The summed E-state index contributed by atoms with van der Waals surface area (Å²) < 4.78 is 5.33. The maximum atomic E-state index is 9.80. The van der Waals surface area contributed by atoms with Gasteiger partial charge < -0.3 is 19.9 Å². The van der Waals surface area contributed by atoms with E-state index in [1.807, 2.05) is 19.9 Å². The van der Waals surface area contributed by atoms with Crippen LogP contribution in [-0.4, -0.2) is 29.4 Å². The van der Waals surface area contributed by atoms with Gasteiger partial charge in [0.2, 0.25) is 0 Å². The van der Waals surface area contributed by atoms with E-state index in [0.717, 1.165) is 18.6 Å². The zero-order valence-corrected chi connectivity index (χ0v) is 9.94. The second-order valence-corrected chi connectivity index (χ2v) is 4.14. The average molecular weight is 227 g/mol. The van der Waals surface area contributed by atoms with Gasteiger partial charge >= 0.3 is 0 Å². The van der Waals surface area contributed by atoms with Crippen LogP contribution in [0.5, 0.6) is 0 Å². The van der Waals surface area contributed by atoms with Crippen LogP contribution in [0, 0.1) is 6.92 Å². The van der Waals surface area contributed by atoms with Crippen LogP contribution in [0.3, 0.4) is 0 Å². The summed E-state index contributed by atoms with van der Waals surface area (Å²) in [5.74, 6) is 1.40. The molecular formula is C12H21NO3. The van der Waals surface area contributed by atoms with Gasteiger partial charge in [-0.15, -0.1) is 0 Å². The fraction of sp³-hybridized carbons (Fsp3) is 0.667. The lowest BCUT2D eigenvalue weighted by molar-refractivity contribution is 0.141. The third kappa shape index (κ3) is 4.35. The molecule has 0 aliphatic rings. The largest absolute Gasteiger partial charge is 0.464 e. The fourth-order valence-electron chi connectivity index (χ4n) is 1.55. The molecule has 4 nitrogen and oxygen atoms in total. The topological polar surface area (TPSA) is 65.6 Å². The van der Waals surface area contributed by atoms with E-state index in [0.29, 0.717) is 12.3 Å². The molecule has 4 heteroatoms. The Morgan fingerprint density at radius 1 is 1.44 bits per heavy atom. The Bertz CT molecular complexity index is 298. The maximum absolute atomic E-state index is 9.80. The van der Waals surface area contributed by atoms with Crippen molar-refractivity contribution < 1.29 is 14.6 Å². The third-order valence-electron chi connectivity index (χ3n) is 2.54. The molecule has 0 aliphatic heterocycles. The predicted molar refractivity (Wildman–Crippen MR) is 62.2 cm³/mol. The maximum Gasteiger partial charge on any atom is 0.133 e. The van der Waals surface area contributed by atoms with E-state index in [-0.39, 0.29) is 12.6 Å². The highest BCUT2D eigenvalue weighted by molar-refractivity contribution is 5.08. The molecule has 0 bridgehead atoms. The van der Waals surface area contributed by atoms with Gasteiger partial charge in [-0.2, -0.15) is 0 Å². The first-order valence-corrected chi connectivity index (χ1v) is 5.72. The van der Waals surface area contributed by atoms with Crippen molar-refractivity contribution in [1.82, 2.24) is 5.32 Å². The van der Waals surface area contributed by atoms with Gasteiger partial charge in [-0.25, -0.2) is 0 Å². The SMILES string of the molecule is Cc1ccc(C(O)CNC(C)CCCO)o1. The van der Waals surface area contributed by atoms with Crippen LogP contribution in [0.15, 0.2) is 16.5 Å². The molecule has 1 aromatic rings. The molecule has 0 saturated heterocycles. The van der Waals surface area contributed by atoms with Crippen LogP contribution >= 0.6 is 0 Å². The van der Waals surface area contributed by atoms with Crippen LogP contribution in [0.4, 0.5) is 0 Å². The number of furan rings is 1. The number of nitrogens with one attached hydrogen (secondary N) is 1. The first kappa shape index (κ1) is 13.2. The Kier molecular flexibility index (Phi) is 5.52. The highest BCUT2D eigenvalue weighted by atomic mass is 16.4. The molecule has 1 heterocycles. The fourth-order valence-corrected chi connectivity index (χ4v) is 1.55. The number of rotatable bonds is 7. The lowest BCUT2D eigenvalue weighted by atomic mass is 10.2. The van der Waals surface area contributed by atoms with Crippen molar-refractivity contribution in [1.29, 1.82) is 0 Å². The zero-order chi connectivity index (χ0) is 12.0. The van der Waals surface area contributed by atoms with E-state index in [1.165, 1.54) is 0 Å². The van der Waals surface area contributed by atoms with Gasteiger partial charge in [0.15, 0.2) is 0 Å². The quantitative estimate of drug-likeness (QED) is 0.658. The smallest absolute Gasteiger partial charge is 0.133 e. The highest BCUT2D eigenvalue weighted by Gasteiger charge is 2.12. The third-order valence-corrected chi connectivity index (χ3v) is 2.54. The molecular weight excluding hydrogens is 206 g/mol. The molecule has 16 heavy (non-hydrogen) atoms. The van der Waals surface area contributed by atoms with Gasteiger partial charge in [-0.05, 0) is 38.8 Å². The van der Waals surface area contributed by atoms with Crippen LogP contribution in [0.2, 0.25) is 0 Å². The summed E-state index contributed by atoms with van der Waals surface area (Å²) in [6, 6.07) is 3.92. The first-order chi connectivity index (χ1) is 7.63. The summed E-state index contributed by atoms with van der Waals surface area (Å²) >= 11 is 0. The molecule has 0 fully saturated rings. The minimum absolute atomic E-state index is 0.214. The number of aliphatic hydroxyl groups excluding tert-OH is 2. The molecule has 0 amide bonds. The lowest BCUT2D eigenvalue weighted by Gasteiger charge is -2.15. The number of hydrogen-bond donors (Lipinski definition) is 3. The normalized spacial score (nSPS) is 15.0. The van der Waals surface area contributed by atoms with E-state index in [9.17, 15) is 5.11 Å². The molecule has 1 rings (SSSR count). The minimum atomic E-state index is -0.606. The number of hydrogen-bond acceptors (Lipinski definition) is 4. The molecule has 0 aromatic carbocycles. The Morgan fingerprint density at radius 3 is 2.75 bits per heavy atom. The van der Waals surface area contributed by atoms with Crippen molar-refractivity contribution >= 4 is 0 Å². The standard InChI is InChI=1S/C12H21NO3/c1-9(4-3-7-14)13-8-11(15)12-6-5-10(2)16-12/h5-6,9,11,13-15H,3-4,7-8H2,1-2H3. The second-order valence-electron chi connectivity index (χ2n) is 4.14. The predicted octanol–water partition coefficient (Wildman–Crippen LogP) is 1.37. The highest BCUT2D eigenvalue weighted by Crippen LogP contribution is 2.15. The summed E-state index contributed by atoms with van der Waals surface area (Å²) in [6.07, 6.45) is 1.08. The molecule has 0 spiro atoms. The van der Waals surface area contributed by atoms with E-state index in [1.54, 1.807) is 6.07 Å². The summed E-state index contributed by atoms with van der Waals surface area (Å²) in [5.41, 5.74) is 0. The molecule has 0 aliphatic carbocycles. The summed E-state index contributed by atoms with van der Waals surface area (Å²) in [7, 11) is 0. The van der Waals surface area contributed by atoms with Crippen molar-refractivity contribution in [2.45, 2.75) is 38.8 Å². The van der Waals surface area contributed by atoms with Crippen LogP contribution in [-0.2, 0) is 0 Å². The van der Waals surface area contributed by atoms with Crippen molar-refractivity contribution in [2.75, 3.05) is 13.2 Å². The van der Waals surface area contributed by atoms with Gasteiger partial charge in [0, 0.05) is 19.2 Å². The van der Waals surface area contributed by atoms with Crippen molar-refractivity contribution in [2.24, 2.45) is 0 Å². The van der Waals surface area contributed by atoms with Gasteiger partial charge in [0.25, 0.3) is 0 Å². The summed E-state index contributed by atoms with van der Waals surface area (Å²) in [6.45, 7) is 4.58. The van der Waals surface area contributed by atoms with Crippen molar-refractivity contribution in [3.05, 3.63) is 23.7 Å². The Morgan fingerprint density at radius 2 is 2.19 bits per heavy atom. The van der Waals surface area contributed by atoms with E-state index < -0.39 is 6.10 Å². The zero-order valence-electron chi connectivity index (χ0n) is 9.94. The van der Waals surface area contributed by atoms with Crippen LogP contribution < -0.4 is 5.32 Å². The van der Waals surface area contributed by atoms with E-state index >= 15 is 0 Å². The Labute approximate surface area is 96.3 Å². The first-order valence-electron chi connectivity index (χ1n) is 5.72. The lowest BCUT2D eigenvalue weighted by Crippen LogP contribution is -2.30. The van der Waals surface area contributed by atoms with Gasteiger partial charge in [-0.3, -0.25) is 0 Å². The average Bonchev–Trinajstić information content (AvgIpc) is 2.69. The second kappa shape index (κ2) is 6.68. The minimum Gasteiger partial charge on any atom is -0.464 e. The van der Waals surface area contributed by atoms with E-state index in [4.69, 9.17) is 9.52 Å². The number of aliphatic hydroxyl groups is 2. The molecule has 92 valence electrons. The van der Waals surface area contributed by atoms with E-state index in [2.05, 4.69) is 5.32 Å².